The number of carbonyl (C=O) groups excluding carboxylic acids is 1. The number of aldehydes is 1. The maximum Gasteiger partial charge on any atom is 1.00 e. The molecule has 4 aliphatic heterocycles. The predicted octanol–water partition coefficient (Wildman–Crippen LogP) is 2.25. The molecule has 64 heavy (non-hydrogen) atoms. The predicted molar refractivity (Wildman–Crippen MR) is 239 cm³/mol. The van der Waals surface area contributed by atoms with Crippen LogP contribution in [-0.4, -0.2) is 127 Å². The van der Waals surface area contributed by atoms with Gasteiger partial charge in [0.05, 0.1) is 40.7 Å². The minimum Gasteiger partial charge on any atom is -0.512 e. The van der Waals surface area contributed by atoms with Crippen LogP contribution >= 0.6 is 0 Å². The normalized spacial score (nSPS) is 33.1. The molecule has 15 heteroatoms. The third-order valence-corrected chi connectivity index (χ3v) is 15.9. The molecule has 13 nitrogen and oxygen atoms in total. The summed E-state index contributed by atoms with van der Waals surface area (Å²) in [5.41, 5.74) is 10.3. The molecule has 10 atom stereocenters. The summed E-state index contributed by atoms with van der Waals surface area (Å²) in [7, 11) is 3.33. The molecule has 2 aromatic carbocycles. The van der Waals surface area contributed by atoms with Gasteiger partial charge in [-0.2, -0.15) is 0 Å². The second-order valence-electron chi connectivity index (χ2n) is 18.9. The third-order valence-electron chi connectivity index (χ3n) is 15.9. The Bertz CT molecular complexity index is 2060. The molecule has 10 rings (SSSR count). The Labute approximate surface area is 403 Å². The van der Waals surface area contributed by atoms with Crippen molar-refractivity contribution in [1.82, 2.24) is 9.80 Å². The number of rotatable bonds is 11. The maximum atomic E-state index is 12.3. The van der Waals surface area contributed by atoms with Gasteiger partial charge in [0.15, 0.2) is 23.0 Å². The second kappa shape index (κ2) is 20.3. The number of piperidine rings is 2. The number of likely N-dealkylation sites (tertiary alicyclic amines) is 2. The third kappa shape index (κ3) is 7.77. The van der Waals surface area contributed by atoms with Crippen molar-refractivity contribution in [3.63, 3.8) is 0 Å². The average Bonchev–Trinajstić information content (AvgIpc) is 3.80. The Morgan fingerprint density at radius 1 is 0.812 bits per heavy atom. The van der Waals surface area contributed by atoms with Crippen LogP contribution in [0, 0.1) is 17.8 Å². The van der Waals surface area contributed by atoms with Crippen LogP contribution in [0.15, 0.2) is 48.8 Å². The van der Waals surface area contributed by atoms with E-state index in [1.54, 1.807) is 26.4 Å². The van der Waals surface area contributed by atoms with E-state index >= 15 is 0 Å². The molecule has 4 fully saturated rings. The summed E-state index contributed by atoms with van der Waals surface area (Å²) < 4.78 is 22.5. The first-order chi connectivity index (χ1) is 29.7. The van der Waals surface area contributed by atoms with Gasteiger partial charge in [-0.25, -0.2) is 0 Å². The zero-order valence-corrected chi connectivity index (χ0v) is 40.6. The van der Waals surface area contributed by atoms with Crippen molar-refractivity contribution in [1.29, 1.82) is 5.26 Å². The maximum absolute atomic E-state index is 12.3. The Kier molecular flexibility index (Phi) is 16.4. The van der Waals surface area contributed by atoms with E-state index in [9.17, 15) is 25.2 Å². The van der Waals surface area contributed by atoms with Gasteiger partial charge in [0.2, 0.25) is 0 Å². The molecular formula is C49H67BN4NaO9. The molecular weight excluding hydrogens is 822 g/mol. The van der Waals surface area contributed by atoms with E-state index in [0.29, 0.717) is 36.9 Å². The standard InChI is InChI=1S/C25H35NO4.C19H24N2O3.C4H8O2.CN.B.Na/c1-16(2)26-13-12-24-21-18-8-9-19(27)22(21)30-23(24)17(7-5-4-6-14-29-3)10-11-25(24,28)20(26)15-18;1-10(2)21-8-7-18-15-11-3-4-13(22)16(15)24-17(18)12(20)5-6-19(18,23)14(21)9-11;1-6-4-2-3-5;1-2;;/h8-9,17,20,23,27-28H,1,4-7,10-15H2,2-3H3;3-4,12,14,17,22-23H,1,5-9,20H2,2H3;3H,2,4H2,1H3;;;/q;;;-1;;+1/t17?,20?,23-,24+,25?;12?,14?,17-,18+,19?;;;;/m11..../s1. The van der Waals surface area contributed by atoms with Gasteiger partial charge in [0.25, 0.3) is 0 Å². The minimum absolute atomic E-state index is 0. The van der Waals surface area contributed by atoms with Crippen molar-refractivity contribution in [2.45, 2.75) is 150 Å². The van der Waals surface area contributed by atoms with Gasteiger partial charge in [-0.3, -0.25) is 0 Å². The van der Waals surface area contributed by atoms with Gasteiger partial charge in [-0.15, -0.1) is 0 Å². The van der Waals surface area contributed by atoms with E-state index in [1.165, 1.54) is 11.1 Å². The molecule has 4 aliphatic carbocycles. The molecule has 341 valence electrons. The number of benzene rings is 2. The molecule has 8 aliphatic rings. The van der Waals surface area contributed by atoms with Gasteiger partial charge < -0.3 is 71.5 Å². The van der Waals surface area contributed by atoms with Crippen molar-refractivity contribution in [2.24, 2.45) is 11.7 Å². The smallest absolute Gasteiger partial charge is 0.512 e. The van der Waals surface area contributed by atoms with E-state index in [4.69, 9.17) is 31.8 Å². The van der Waals surface area contributed by atoms with Gasteiger partial charge >= 0.3 is 29.6 Å². The van der Waals surface area contributed by atoms with E-state index in [2.05, 4.69) is 27.7 Å². The number of methoxy groups -OCH3 is 2. The van der Waals surface area contributed by atoms with E-state index in [0.717, 1.165) is 119 Å². The van der Waals surface area contributed by atoms with Crippen LogP contribution in [0.2, 0.25) is 0 Å². The Morgan fingerprint density at radius 2 is 1.30 bits per heavy atom. The molecule has 0 aromatic heterocycles. The van der Waals surface area contributed by atoms with Gasteiger partial charge in [0, 0.05) is 77.3 Å². The number of aromatic hydroxyl groups is 2. The Morgan fingerprint density at radius 3 is 1.77 bits per heavy atom. The van der Waals surface area contributed by atoms with Crippen molar-refractivity contribution in [3.05, 3.63) is 77.6 Å². The fourth-order valence-electron chi connectivity index (χ4n) is 13.4. The van der Waals surface area contributed by atoms with Crippen molar-refractivity contribution >= 4 is 14.7 Å². The molecule has 2 spiro atoms. The van der Waals surface area contributed by atoms with Gasteiger partial charge in [-0.1, -0.05) is 38.1 Å². The largest absolute Gasteiger partial charge is 1.00 e. The van der Waals surface area contributed by atoms with Crippen molar-refractivity contribution in [2.75, 3.05) is 40.5 Å². The first kappa shape index (κ1) is 51.7. The number of hydrogen-bond acceptors (Lipinski definition) is 13. The number of allylic oxidation sites excluding steroid dienone is 2. The van der Waals surface area contributed by atoms with Crippen LogP contribution in [0.3, 0.4) is 0 Å². The first-order valence-electron chi connectivity index (χ1n) is 22.5. The zero-order chi connectivity index (χ0) is 44.8. The summed E-state index contributed by atoms with van der Waals surface area (Å²) >= 11 is 0. The van der Waals surface area contributed by atoms with Crippen molar-refractivity contribution < 1.29 is 73.7 Å². The summed E-state index contributed by atoms with van der Waals surface area (Å²) in [6, 6.07) is 7.40. The average molecular weight is 890 g/mol. The van der Waals surface area contributed by atoms with E-state index in [-0.39, 0.29) is 79.8 Å². The first-order valence-corrected chi connectivity index (χ1v) is 22.5. The summed E-state index contributed by atoms with van der Waals surface area (Å²) in [5, 5.41) is 51.5. The zero-order valence-electron chi connectivity index (χ0n) is 38.6. The fraction of sp³-hybridized carbons (Fsp3) is 0.633. The number of phenolic OH excluding ortho intramolecular Hbond substituents is 2. The Hall–Kier alpha value is -3.26. The van der Waals surface area contributed by atoms with Crippen LogP contribution in [0.5, 0.6) is 23.0 Å². The number of phenols is 2. The number of unbranched alkanes of at least 4 members (excludes halogenated alkanes) is 2. The summed E-state index contributed by atoms with van der Waals surface area (Å²) in [6.07, 6.45) is 11.8. The van der Waals surface area contributed by atoms with E-state index < -0.39 is 22.0 Å². The SMILES string of the molecule is C=C(C)N1CC[C@]23c4c5ccc(O)c4O[C@@H]2C(CCCCCOC)CCC3(O)C1C5.C=C(C)N1CC[C@]23c4c5ccc(O)c4O[C@@H]2C(N)CCC3(O)C1C5.COCCC=O.[B].[C-]#N.[Na+]. The van der Waals surface area contributed by atoms with E-state index in [1.807, 2.05) is 26.0 Å². The summed E-state index contributed by atoms with van der Waals surface area (Å²) in [4.78, 5) is 14.1. The summed E-state index contributed by atoms with van der Waals surface area (Å²) in [5.74, 6) is 1.98. The molecule has 4 heterocycles. The molecule has 3 radical (unpaired) electrons. The topological polar surface area (TPSA) is 191 Å². The van der Waals surface area contributed by atoms with Gasteiger partial charge in [-0.05, 0) is 107 Å². The fourth-order valence-corrected chi connectivity index (χ4v) is 13.4. The quantitative estimate of drug-likeness (QED) is 0.0958. The molecule has 6 unspecified atom stereocenters. The second-order valence-corrected chi connectivity index (χ2v) is 18.9. The molecule has 2 saturated heterocycles. The van der Waals surface area contributed by atoms with Crippen LogP contribution in [0.4, 0.5) is 0 Å². The molecule has 4 bridgehead atoms. The van der Waals surface area contributed by atoms with Crippen molar-refractivity contribution in [3.8, 4) is 23.0 Å². The molecule has 0 amide bonds. The number of nitrogens with zero attached hydrogens (tertiary/aromatic N) is 3. The number of aliphatic hydroxyl groups is 2. The number of nitrogens with two attached hydrogens (primary N) is 1. The number of hydrogen-bond donors (Lipinski definition) is 5. The minimum atomic E-state index is -0.892. The summed E-state index contributed by atoms with van der Waals surface area (Å²) in [6.45, 7) is 20.2. The van der Waals surface area contributed by atoms with Gasteiger partial charge in [0.1, 0.15) is 18.5 Å². The van der Waals surface area contributed by atoms with Crippen LogP contribution in [0.1, 0.15) is 107 Å². The molecule has 2 aromatic rings. The van der Waals surface area contributed by atoms with Crippen LogP contribution < -0.4 is 44.8 Å². The van der Waals surface area contributed by atoms with Crippen LogP contribution in [0.25, 0.3) is 0 Å². The van der Waals surface area contributed by atoms with Crippen LogP contribution in [-0.2, 0) is 37.9 Å². The number of carbonyl (C=O) groups is 1. The monoisotopic (exact) mass is 889 g/mol. The molecule has 2 saturated carbocycles. The Balaban J connectivity index is 0.000000204. The molecule has 6 N–H and O–H groups in total. The number of ether oxygens (including phenoxy) is 4.